The van der Waals surface area contributed by atoms with Gasteiger partial charge in [0, 0.05) is 25.7 Å². The monoisotopic (exact) mass is 254 g/mol. The molecule has 1 saturated carbocycles. The fraction of sp³-hybridized carbons (Fsp3) is 1.00. The maximum Gasteiger partial charge on any atom is 0.0674 e. The van der Waals surface area contributed by atoms with E-state index in [-0.39, 0.29) is 0 Å². The fourth-order valence-corrected chi connectivity index (χ4v) is 3.90. The Morgan fingerprint density at radius 2 is 2.00 bits per heavy atom. The van der Waals surface area contributed by atoms with Crippen LogP contribution in [-0.2, 0) is 4.74 Å². The first-order valence-corrected chi connectivity index (χ1v) is 7.61. The molecule has 1 saturated heterocycles. The summed E-state index contributed by atoms with van der Waals surface area (Å²) in [5, 5.41) is 3.56. The number of hydrogen-bond donors (Lipinski definition) is 1. The van der Waals surface area contributed by atoms with Crippen molar-refractivity contribution in [3.8, 4) is 0 Å². The van der Waals surface area contributed by atoms with Gasteiger partial charge in [-0.25, -0.2) is 0 Å². The first-order valence-electron chi connectivity index (χ1n) is 7.61. The van der Waals surface area contributed by atoms with Crippen LogP contribution in [0.5, 0.6) is 0 Å². The van der Waals surface area contributed by atoms with Crippen LogP contribution in [0.4, 0.5) is 0 Å². The van der Waals surface area contributed by atoms with E-state index in [1.165, 1.54) is 19.4 Å². The quantitative estimate of drug-likeness (QED) is 0.833. The second kappa shape index (κ2) is 6.36. The number of nitrogens with zero attached hydrogens (tertiary/aromatic N) is 1. The molecular weight excluding hydrogens is 224 g/mol. The molecule has 1 heterocycles. The highest BCUT2D eigenvalue weighted by atomic mass is 16.5. The van der Waals surface area contributed by atoms with Gasteiger partial charge in [0.2, 0.25) is 0 Å². The highest BCUT2D eigenvalue weighted by Crippen LogP contribution is 2.34. The number of nitrogens with one attached hydrogen (secondary N) is 1. The number of rotatable bonds is 3. The molecule has 1 aliphatic heterocycles. The van der Waals surface area contributed by atoms with E-state index in [1.807, 2.05) is 0 Å². The molecule has 0 aromatic carbocycles. The Hall–Kier alpha value is -0.120. The van der Waals surface area contributed by atoms with Crippen molar-refractivity contribution < 1.29 is 4.74 Å². The molecule has 5 atom stereocenters. The van der Waals surface area contributed by atoms with E-state index in [9.17, 15) is 0 Å². The van der Waals surface area contributed by atoms with E-state index in [1.54, 1.807) is 0 Å². The lowest BCUT2D eigenvalue weighted by molar-refractivity contribution is -0.0316. The maximum atomic E-state index is 5.64. The third kappa shape index (κ3) is 3.46. The van der Waals surface area contributed by atoms with Crippen molar-refractivity contribution in [2.24, 2.45) is 17.8 Å². The molecule has 2 fully saturated rings. The molecule has 1 aliphatic carbocycles. The van der Waals surface area contributed by atoms with Crippen molar-refractivity contribution in [3.05, 3.63) is 0 Å². The Labute approximate surface area is 112 Å². The Kier molecular flexibility index (Phi) is 5.05. The van der Waals surface area contributed by atoms with Gasteiger partial charge in [0.1, 0.15) is 0 Å². The standard InChI is InChI=1S/C15H30N2O/c1-11-7-12(2)14(15(8-11)16-4)10-17-5-6-18-13(3)9-17/h11-16H,5-10H2,1-4H3. The van der Waals surface area contributed by atoms with Crippen molar-refractivity contribution in [2.45, 2.75) is 45.8 Å². The van der Waals surface area contributed by atoms with E-state index >= 15 is 0 Å². The summed E-state index contributed by atoms with van der Waals surface area (Å²) >= 11 is 0. The first kappa shape index (κ1) is 14.3. The molecule has 1 N–H and O–H groups in total. The van der Waals surface area contributed by atoms with E-state index in [0.29, 0.717) is 12.1 Å². The Morgan fingerprint density at radius 3 is 2.67 bits per heavy atom. The normalized spacial score (nSPS) is 43.0. The molecule has 106 valence electrons. The molecule has 0 aromatic rings. The van der Waals surface area contributed by atoms with Crippen molar-refractivity contribution in [1.82, 2.24) is 10.2 Å². The van der Waals surface area contributed by atoms with Crippen LogP contribution in [0.1, 0.15) is 33.6 Å². The summed E-state index contributed by atoms with van der Waals surface area (Å²) in [4.78, 5) is 2.61. The SMILES string of the molecule is CNC1CC(C)CC(C)C1CN1CCOC(C)C1. The summed E-state index contributed by atoms with van der Waals surface area (Å²) < 4.78 is 5.64. The summed E-state index contributed by atoms with van der Waals surface area (Å²) in [6.45, 7) is 11.4. The molecule has 5 unspecified atom stereocenters. The van der Waals surface area contributed by atoms with Gasteiger partial charge in [0.25, 0.3) is 0 Å². The smallest absolute Gasteiger partial charge is 0.0674 e. The van der Waals surface area contributed by atoms with Crippen molar-refractivity contribution in [1.29, 1.82) is 0 Å². The van der Waals surface area contributed by atoms with Gasteiger partial charge in [-0.05, 0) is 44.6 Å². The van der Waals surface area contributed by atoms with Crippen LogP contribution >= 0.6 is 0 Å². The summed E-state index contributed by atoms with van der Waals surface area (Å²) in [5.74, 6) is 2.51. The minimum Gasteiger partial charge on any atom is -0.376 e. The van der Waals surface area contributed by atoms with Crippen LogP contribution < -0.4 is 5.32 Å². The topological polar surface area (TPSA) is 24.5 Å². The van der Waals surface area contributed by atoms with E-state index in [4.69, 9.17) is 4.74 Å². The zero-order valence-electron chi connectivity index (χ0n) is 12.5. The van der Waals surface area contributed by atoms with Crippen LogP contribution in [-0.4, -0.2) is 50.3 Å². The lowest BCUT2D eigenvalue weighted by atomic mass is 9.72. The molecule has 0 bridgehead atoms. The third-order valence-electron chi connectivity index (χ3n) is 4.84. The molecule has 3 heteroatoms. The van der Waals surface area contributed by atoms with Crippen molar-refractivity contribution >= 4 is 0 Å². The number of ether oxygens (including phenoxy) is 1. The first-order chi connectivity index (χ1) is 8.60. The number of hydrogen-bond acceptors (Lipinski definition) is 3. The predicted molar refractivity (Wildman–Crippen MR) is 75.8 cm³/mol. The maximum absolute atomic E-state index is 5.64. The van der Waals surface area contributed by atoms with E-state index < -0.39 is 0 Å². The lowest BCUT2D eigenvalue weighted by Gasteiger charge is -2.43. The summed E-state index contributed by atoms with van der Waals surface area (Å²) in [6.07, 6.45) is 3.14. The zero-order valence-corrected chi connectivity index (χ0v) is 12.5. The highest BCUT2D eigenvalue weighted by molar-refractivity contribution is 4.89. The molecule has 0 amide bonds. The molecule has 0 aromatic heterocycles. The van der Waals surface area contributed by atoms with Crippen LogP contribution in [0.15, 0.2) is 0 Å². The van der Waals surface area contributed by atoms with Gasteiger partial charge in [0.05, 0.1) is 12.7 Å². The highest BCUT2D eigenvalue weighted by Gasteiger charge is 2.34. The van der Waals surface area contributed by atoms with Gasteiger partial charge in [0.15, 0.2) is 0 Å². The fourth-order valence-electron chi connectivity index (χ4n) is 3.90. The van der Waals surface area contributed by atoms with Gasteiger partial charge in [-0.3, -0.25) is 4.90 Å². The van der Waals surface area contributed by atoms with Gasteiger partial charge < -0.3 is 10.1 Å². The van der Waals surface area contributed by atoms with E-state index in [2.05, 4.69) is 38.0 Å². The lowest BCUT2D eigenvalue weighted by Crippen LogP contribution is -2.51. The van der Waals surface area contributed by atoms with Crippen LogP contribution in [0, 0.1) is 17.8 Å². The van der Waals surface area contributed by atoms with Gasteiger partial charge in [-0.15, -0.1) is 0 Å². The van der Waals surface area contributed by atoms with Crippen molar-refractivity contribution in [3.63, 3.8) is 0 Å². The van der Waals surface area contributed by atoms with Gasteiger partial charge >= 0.3 is 0 Å². The average Bonchev–Trinajstić information content (AvgIpc) is 2.32. The predicted octanol–water partition coefficient (Wildman–Crippen LogP) is 1.98. The second-order valence-corrected chi connectivity index (χ2v) is 6.55. The summed E-state index contributed by atoms with van der Waals surface area (Å²) in [6, 6.07) is 0.696. The largest absolute Gasteiger partial charge is 0.376 e. The Balaban J connectivity index is 1.92. The molecule has 2 aliphatic rings. The van der Waals surface area contributed by atoms with Crippen LogP contribution in [0.25, 0.3) is 0 Å². The molecule has 2 rings (SSSR count). The molecule has 3 nitrogen and oxygen atoms in total. The molecule has 0 spiro atoms. The second-order valence-electron chi connectivity index (χ2n) is 6.55. The summed E-state index contributed by atoms with van der Waals surface area (Å²) in [7, 11) is 2.13. The van der Waals surface area contributed by atoms with Gasteiger partial charge in [-0.1, -0.05) is 13.8 Å². The minimum atomic E-state index is 0.407. The van der Waals surface area contributed by atoms with Crippen LogP contribution in [0.2, 0.25) is 0 Å². The number of morpholine rings is 1. The molecule has 0 radical (unpaired) electrons. The zero-order chi connectivity index (χ0) is 13.1. The average molecular weight is 254 g/mol. The van der Waals surface area contributed by atoms with E-state index in [0.717, 1.165) is 37.5 Å². The van der Waals surface area contributed by atoms with Crippen LogP contribution in [0.3, 0.4) is 0 Å². The molecular formula is C15H30N2O. The minimum absolute atomic E-state index is 0.407. The third-order valence-corrected chi connectivity index (χ3v) is 4.84. The summed E-state index contributed by atoms with van der Waals surface area (Å²) in [5.41, 5.74) is 0. The van der Waals surface area contributed by atoms with Crippen molar-refractivity contribution in [2.75, 3.05) is 33.3 Å². The molecule has 18 heavy (non-hydrogen) atoms. The Morgan fingerprint density at radius 1 is 1.22 bits per heavy atom. The van der Waals surface area contributed by atoms with Gasteiger partial charge in [-0.2, -0.15) is 0 Å². The Bertz CT molecular complexity index is 259.